The molecule has 0 radical (unpaired) electrons. The van der Waals surface area contributed by atoms with Gasteiger partial charge >= 0.3 is 5.97 Å². The van der Waals surface area contributed by atoms with Crippen molar-refractivity contribution in [1.82, 2.24) is 0 Å². The summed E-state index contributed by atoms with van der Waals surface area (Å²) >= 11 is 7.55. The van der Waals surface area contributed by atoms with E-state index in [1.165, 1.54) is 29.0 Å². The number of ether oxygens (including phenoxy) is 1. The number of nitrogens with one attached hydrogen (secondary N) is 1. The van der Waals surface area contributed by atoms with E-state index < -0.39 is 5.97 Å². The van der Waals surface area contributed by atoms with Crippen molar-refractivity contribution < 1.29 is 14.3 Å². The summed E-state index contributed by atoms with van der Waals surface area (Å²) < 4.78 is 4.95. The van der Waals surface area contributed by atoms with Crippen LogP contribution < -0.4 is 5.32 Å². The molecule has 0 spiro atoms. The highest BCUT2D eigenvalue weighted by Crippen LogP contribution is 2.22. The van der Waals surface area contributed by atoms with Crippen LogP contribution >= 0.6 is 23.4 Å². The van der Waals surface area contributed by atoms with Gasteiger partial charge in [-0.05, 0) is 43.2 Å². The van der Waals surface area contributed by atoms with Gasteiger partial charge in [0.2, 0.25) is 5.91 Å². The molecule has 132 valence electrons. The Hall–Kier alpha value is -1.98. The maximum Gasteiger partial charge on any atom is 0.339 e. The Morgan fingerprint density at radius 3 is 2.68 bits per heavy atom. The molecule has 0 unspecified atom stereocenters. The molecule has 25 heavy (non-hydrogen) atoms. The van der Waals surface area contributed by atoms with Crippen LogP contribution in [0.4, 0.5) is 5.69 Å². The van der Waals surface area contributed by atoms with Crippen LogP contribution in [0.5, 0.6) is 0 Å². The van der Waals surface area contributed by atoms with Crippen LogP contribution in [0.25, 0.3) is 0 Å². The summed E-state index contributed by atoms with van der Waals surface area (Å²) in [5.41, 5.74) is 3.20. The molecule has 2 aromatic rings. The molecule has 0 saturated heterocycles. The van der Waals surface area contributed by atoms with Gasteiger partial charge in [-0.2, -0.15) is 0 Å². The summed E-state index contributed by atoms with van der Waals surface area (Å²) in [6.45, 7) is 4.05. The highest BCUT2D eigenvalue weighted by atomic mass is 35.5. The average Bonchev–Trinajstić information content (AvgIpc) is 2.58. The van der Waals surface area contributed by atoms with Crippen molar-refractivity contribution in [2.75, 3.05) is 17.7 Å². The summed E-state index contributed by atoms with van der Waals surface area (Å²) in [4.78, 5) is 23.9. The minimum absolute atomic E-state index is 0.129. The molecule has 1 amide bonds. The Kier molecular flexibility index (Phi) is 7.34. The molecule has 0 aliphatic rings. The van der Waals surface area contributed by atoms with Crippen LogP contribution in [-0.4, -0.2) is 24.2 Å². The minimum Gasteiger partial charge on any atom is -0.462 e. The van der Waals surface area contributed by atoms with E-state index in [4.69, 9.17) is 16.3 Å². The van der Waals surface area contributed by atoms with Gasteiger partial charge in [0.25, 0.3) is 0 Å². The van der Waals surface area contributed by atoms with Gasteiger partial charge in [0.05, 0.1) is 22.9 Å². The quantitative estimate of drug-likeness (QED) is 0.711. The third-order valence-electron chi connectivity index (χ3n) is 3.50. The Morgan fingerprint density at radius 1 is 1.20 bits per heavy atom. The summed E-state index contributed by atoms with van der Waals surface area (Å²) in [5, 5.41) is 3.08. The van der Waals surface area contributed by atoms with E-state index in [0.29, 0.717) is 16.5 Å². The molecule has 0 aliphatic heterocycles. The number of hydrogen-bond donors (Lipinski definition) is 1. The lowest BCUT2D eigenvalue weighted by atomic mass is 10.1. The first-order valence-electron chi connectivity index (χ1n) is 7.90. The van der Waals surface area contributed by atoms with E-state index in [1.807, 2.05) is 12.1 Å². The van der Waals surface area contributed by atoms with Gasteiger partial charge in [0.15, 0.2) is 0 Å². The number of halogens is 1. The lowest BCUT2D eigenvalue weighted by Crippen LogP contribution is -2.15. The average molecular weight is 378 g/mol. The number of rotatable bonds is 7. The summed E-state index contributed by atoms with van der Waals surface area (Å²) in [6, 6.07) is 12.9. The van der Waals surface area contributed by atoms with Gasteiger partial charge in [-0.15, -0.1) is 11.8 Å². The van der Waals surface area contributed by atoms with Crippen molar-refractivity contribution in [3.8, 4) is 0 Å². The lowest BCUT2D eigenvalue weighted by Gasteiger charge is -2.09. The van der Waals surface area contributed by atoms with Crippen molar-refractivity contribution in [1.29, 1.82) is 0 Å². The number of benzene rings is 2. The number of hydrogen-bond acceptors (Lipinski definition) is 4. The zero-order valence-electron chi connectivity index (χ0n) is 14.2. The molecule has 6 heteroatoms. The van der Waals surface area contributed by atoms with Gasteiger partial charge in [0, 0.05) is 11.4 Å². The highest BCUT2D eigenvalue weighted by Gasteiger charge is 2.13. The molecule has 0 bridgehead atoms. The van der Waals surface area contributed by atoms with Gasteiger partial charge < -0.3 is 10.1 Å². The van der Waals surface area contributed by atoms with Gasteiger partial charge in [0.1, 0.15) is 0 Å². The molecule has 0 aliphatic carbocycles. The normalized spacial score (nSPS) is 10.4. The van der Waals surface area contributed by atoms with Crippen LogP contribution in [0.15, 0.2) is 42.5 Å². The first-order valence-corrected chi connectivity index (χ1v) is 9.43. The van der Waals surface area contributed by atoms with Gasteiger partial charge in [-0.3, -0.25) is 4.79 Å². The Balaban J connectivity index is 1.91. The van der Waals surface area contributed by atoms with Crippen molar-refractivity contribution in [2.45, 2.75) is 19.6 Å². The lowest BCUT2D eigenvalue weighted by molar-refractivity contribution is -0.113. The maximum atomic E-state index is 12.1. The topological polar surface area (TPSA) is 55.4 Å². The molecule has 0 heterocycles. The number of aryl methyl sites for hydroxylation is 1. The second-order valence-corrected chi connectivity index (χ2v) is 6.78. The Labute approximate surface area is 156 Å². The Morgan fingerprint density at radius 2 is 1.96 bits per heavy atom. The SMILES string of the molecule is CCOC(=O)c1cc(NC(=O)CSCc2ccccc2C)ccc1Cl. The van der Waals surface area contributed by atoms with E-state index in [1.54, 1.807) is 19.1 Å². The maximum absolute atomic E-state index is 12.1. The minimum atomic E-state index is -0.502. The standard InChI is InChI=1S/C19H20ClNO3S/c1-3-24-19(23)16-10-15(8-9-17(16)20)21-18(22)12-25-11-14-7-5-4-6-13(14)2/h4-10H,3,11-12H2,1-2H3,(H,21,22). The van der Waals surface area contributed by atoms with Crippen molar-refractivity contribution in [2.24, 2.45) is 0 Å². The molecule has 1 N–H and O–H groups in total. The molecule has 0 aromatic heterocycles. The third-order valence-corrected chi connectivity index (χ3v) is 4.81. The van der Waals surface area contributed by atoms with Crippen LogP contribution in [0.1, 0.15) is 28.4 Å². The zero-order valence-corrected chi connectivity index (χ0v) is 15.7. The van der Waals surface area contributed by atoms with Crippen LogP contribution in [0.2, 0.25) is 5.02 Å². The molecule has 0 saturated carbocycles. The first kappa shape index (κ1) is 19.3. The zero-order chi connectivity index (χ0) is 18.2. The van der Waals surface area contributed by atoms with Crippen LogP contribution in [0, 0.1) is 6.92 Å². The summed E-state index contributed by atoms with van der Waals surface area (Å²) in [7, 11) is 0. The first-order chi connectivity index (χ1) is 12.0. The second kappa shape index (κ2) is 9.49. The third kappa shape index (κ3) is 5.80. The fourth-order valence-electron chi connectivity index (χ4n) is 2.19. The monoisotopic (exact) mass is 377 g/mol. The van der Waals surface area contributed by atoms with Crippen LogP contribution in [0.3, 0.4) is 0 Å². The van der Waals surface area contributed by atoms with E-state index >= 15 is 0 Å². The molecular weight excluding hydrogens is 358 g/mol. The number of anilines is 1. The van der Waals surface area contributed by atoms with E-state index in [2.05, 4.69) is 24.4 Å². The van der Waals surface area contributed by atoms with Gasteiger partial charge in [-0.1, -0.05) is 35.9 Å². The highest BCUT2D eigenvalue weighted by molar-refractivity contribution is 7.99. The molecule has 2 aromatic carbocycles. The van der Waals surface area contributed by atoms with Crippen LogP contribution in [-0.2, 0) is 15.3 Å². The van der Waals surface area contributed by atoms with E-state index in [-0.39, 0.29) is 18.1 Å². The summed E-state index contributed by atoms with van der Waals surface area (Å²) in [5.74, 6) is 0.466. The fraction of sp³-hybridized carbons (Fsp3) is 0.263. The number of thioether (sulfide) groups is 1. The second-order valence-electron chi connectivity index (χ2n) is 5.38. The summed E-state index contributed by atoms with van der Waals surface area (Å²) in [6.07, 6.45) is 0. The largest absolute Gasteiger partial charge is 0.462 e. The predicted molar refractivity (Wildman–Crippen MR) is 103 cm³/mol. The van der Waals surface area contributed by atoms with Gasteiger partial charge in [-0.25, -0.2) is 4.79 Å². The number of carbonyl (C=O) groups is 2. The van der Waals surface area contributed by atoms with Crippen molar-refractivity contribution in [3.05, 3.63) is 64.2 Å². The number of carbonyl (C=O) groups excluding carboxylic acids is 2. The molecule has 0 atom stereocenters. The number of amides is 1. The number of esters is 1. The molecule has 2 rings (SSSR count). The van der Waals surface area contributed by atoms with E-state index in [0.717, 1.165) is 5.75 Å². The molecule has 0 fully saturated rings. The Bertz CT molecular complexity index is 764. The molecular formula is C19H20ClNO3S. The van der Waals surface area contributed by atoms with Crippen molar-refractivity contribution in [3.63, 3.8) is 0 Å². The fourth-order valence-corrected chi connectivity index (χ4v) is 3.29. The van der Waals surface area contributed by atoms with E-state index in [9.17, 15) is 9.59 Å². The van der Waals surface area contributed by atoms with Crippen molar-refractivity contribution >= 4 is 40.9 Å². The predicted octanol–water partition coefficient (Wildman–Crippen LogP) is 4.70. The molecule has 4 nitrogen and oxygen atoms in total. The smallest absolute Gasteiger partial charge is 0.339 e.